The number of fused-ring (bicyclic) bond motifs is 1. The van der Waals surface area contributed by atoms with Crippen molar-refractivity contribution in [3.8, 4) is 5.75 Å². The summed E-state index contributed by atoms with van der Waals surface area (Å²) in [6.07, 6.45) is 0.957. The minimum Gasteiger partial charge on any atom is -0.483 e. The van der Waals surface area contributed by atoms with Crippen molar-refractivity contribution in [3.05, 3.63) is 63.8 Å². The van der Waals surface area contributed by atoms with Gasteiger partial charge in [0, 0.05) is 25.3 Å². The highest BCUT2D eigenvalue weighted by Crippen LogP contribution is 2.31. The monoisotopic (exact) mass is 408 g/mol. The molecule has 2 heterocycles. The fourth-order valence-electron chi connectivity index (χ4n) is 3.77. The van der Waals surface area contributed by atoms with Gasteiger partial charge in [-0.05, 0) is 36.6 Å². The number of para-hydroxylation sites is 2. The van der Waals surface area contributed by atoms with E-state index < -0.39 is 0 Å². The number of anilines is 2. The molecule has 0 unspecified atom stereocenters. The first-order valence-corrected chi connectivity index (χ1v) is 10.5. The fraction of sp³-hybridized carbons (Fsp3) is 0.375. The maximum atomic E-state index is 13.2. The number of hydrogen-bond acceptors (Lipinski definition) is 6. The van der Waals surface area contributed by atoms with Crippen LogP contribution in [-0.4, -0.2) is 39.5 Å². The van der Waals surface area contributed by atoms with E-state index in [1.807, 2.05) is 36.1 Å². The van der Waals surface area contributed by atoms with Gasteiger partial charge >= 0.3 is 0 Å². The molecule has 30 heavy (non-hydrogen) atoms. The second-order valence-corrected chi connectivity index (χ2v) is 7.40. The number of benzene rings is 2. The van der Waals surface area contributed by atoms with Crippen LogP contribution in [0.25, 0.3) is 11.0 Å². The lowest BCUT2D eigenvalue weighted by molar-refractivity contribution is 0.120. The second-order valence-electron chi connectivity index (χ2n) is 7.40. The summed E-state index contributed by atoms with van der Waals surface area (Å²) in [5.74, 6) is 0.777. The molecule has 4 rings (SSSR count). The summed E-state index contributed by atoms with van der Waals surface area (Å²) in [5.41, 5.74) is 3.77. The molecular weight excluding hydrogens is 380 g/mol. The lowest BCUT2D eigenvalue weighted by Crippen LogP contribution is -2.37. The molecule has 0 aliphatic carbocycles. The number of nitrogens with one attached hydrogen (secondary N) is 1. The van der Waals surface area contributed by atoms with Gasteiger partial charge in [-0.3, -0.25) is 4.79 Å². The van der Waals surface area contributed by atoms with E-state index in [-0.39, 0.29) is 11.2 Å². The molecule has 0 spiro atoms. The third kappa shape index (κ3) is 4.14. The van der Waals surface area contributed by atoms with Crippen LogP contribution in [-0.2, 0) is 11.2 Å². The normalized spacial score (nSPS) is 14.1. The largest absolute Gasteiger partial charge is 0.483 e. The van der Waals surface area contributed by atoms with Crippen LogP contribution in [0.15, 0.2) is 51.7 Å². The number of hydrogen-bond donors (Lipinski definition) is 1. The molecule has 1 N–H and O–H groups in total. The average Bonchev–Trinajstić information content (AvgIpc) is 2.79. The van der Waals surface area contributed by atoms with Crippen LogP contribution in [0.1, 0.15) is 18.1 Å². The lowest BCUT2D eigenvalue weighted by Gasteiger charge is -2.28. The van der Waals surface area contributed by atoms with Crippen molar-refractivity contribution in [1.29, 1.82) is 0 Å². The molecule has 0 bridgehead atoms. The van der Waals surface area contributed by atoms with Crippen LogP contribution < -0.4 is 20.4 Å². The highest BCUT2D eigenvalue weighted by Gasteiger charge is 2.23. The Bertz CT molecular complexity index is 1070. The van der Waals surface area contributed by atoms with E-state index >= 15 is 0 Å². The van der Waals surface area contributed by atoms with Crippen LogP contribution in [0.4, 0.5) is 11.6 Å². The van der Waals surface area contributed by atoms with Crippen molar-refractivity contribution in [2.75, 3.05) is 49.7 Å². The Kier molecular flexibility index (Phi) is 6.23. The predicted molar refractivity (Wildman–Crippen MR) is 120 cm³/mol. The van der Waals surface area contributed by atoms with Gasteiger partial charge in [0.15, 0.2) is 0 Å². The molecule has 1 aliphatic heterocycles. The van der Waals surface area contributed by atoms with Gasteiger partial charge in [0.25, 0.3) is 0 Å². The van der Waals surface area contributed by atoms with E-state index in [0.717, 1.165) is 17.7 Å². The number of morpholine rings is 1. The summed E-state index contributed by atoms with van der Waals surface area (Å²) in [7, 11) is 0. The van der Waals surface area contributed by atoms with Crippen molar-refractivity contribution in [2.24, 2.45) is 0 Å². The third-order valence-electron chi connectivity index (χ3n) is 5.42. The minimum absolute atomic E-state index is 0.129. The van der Waals surface area contributed by atoms with Gasteiger partial charge in [0.1, 0.15) is 12.2 Å². The van der Waals surface area contributed by atoms with Gasteiger partial charge in [-0.15, -0.1) is 0 Å². The van der Waals surface area contributed by atoms with Gasteiger partial charge in [-0.2, -0.15) is 0 Å². The highest BCUT2D eigenvalue weighted by molar-refractivity contribution is 5.83. The maximum absolute atomic E-state index is 13.2. The third-order valence-corrected chi connectivity index (χ3v) is 5.42. The Morgan fingerprint density at radius 3 is 2.70 bits per heavy atom. The Morgan fingerprint density at radius 1 is 1.10 bits per heavy atom. The van der Waals surface area contributed by atoms with Crippen molar-refractivity contribution >= 4 is 22.5 Å². The van der Waals surface area contributed by atoms with Crippen LogP contribution in [0.3, 0.4) is 0 Å². The van der Waals surface area contributed by atoms with Crippen molar-refractivity contribution < 1.29 is 13.9 Å². The SMILES string of the molecule is CCc1ccccc1NCCOc1c(N2CCOCC2)oc2c(C)cccc2c1=O. The van der Waals surface area contributed by atoms with Gasteiger partial charge in [0.05, 0.1) is 18.6 Å². The van der Waals surface area contributed by atoms with Crippen LogP contribution in [0.2, 0.25) is 0 Å². The van der Waals surface area contributed by atoms with Crippen LogP contribution in [0.5, 0.6) is 5.75 Å². The highest BCUT2D eigenvalue weighted by atomic mass is 16.5. The van der Waals surface area contributed by atoms with Crippen molar-refractivity contribution in [1.82, 2.24) is 0 Å². The molecule has 3 aromatic rings. The summed E-state index contributed by atoms with van der Waals surface area (Å²) in [4.78, 5) is 15.3. The zero-order valence-corrected chi connectivity index (χ0v) is 17.6. The second kappa shape index (κ2) is 9.22. The summed E-state index contributed by atoms with van der Waals surface area (Å²) >= 11 is 0. The van der Waals surface area contributed by atoms with Gasteiger partial charge in [-0.1, -0.05) is 37.3 Å². The topological polar surface area (TPSA) is 63.9 Å². The quantitative estimate of drug-likeness (QED) is 0.597. The minimum atomic E-state index is -0.129. The first-order valence-electron chi connectivity index (χ1n) is 10.5. The Morgan fingerprint density at radius 2 is 1.90 bits per heavy atom. The molecule has 1 aromatic heterocycles. The van der Waals surface area contributed by atoms with Crippen LogP contribution >= 0.6 is 0 Å². The molecule has 0 radical (unpaired) electrons. The molecule has 6 heteroatoms. The van der Waals surface area contributed by atoms with E-state index in [1.165, 1.54) is 5.56 Å². The zero-order valence-electron chi connectivity index (χ0n) is 17.6. The average molecular weight is 408 g/mol. The standard InChI is InChI=1S/C24H28N2O4/c1-3-18-8-4-5-10-20(18)25-11-14-29-23-21(27)19-9-6-7-17(2)22(19)30-24(23)26-12-15-28-16-13-26/h4-10,25H,3,11-16H2,1-2H3. The first-order chi connectivity index (χ1) is 14.7. The summed E-state index contributed by atoms with van der Waals surface area (Å²) in [6.45, 7) is 7.56. The number of nitrogens with zero attached hydrogens (tertiary/aromatic N) is 1. The summed E-state index contributed by atoms with van der Waals surface area (Å²) < 4.78 is 17.7. The zero-order chi connectivity index (χ0) is 20.9. The van der Waals surface area contributed by atoms with Crippen LogP contribution in [0, 0.1) is 6.92 Å². The Balaban J connectivity index is 1.58. The molecule has 6 nitrogen and oxygen atoms in total. The molecule has 0 amide bonds. The van der Waals surface area contributed by atoms with Gasteiger partial charge in [0.2, 0.25) is 17.1 Å². The van der Waals surface area contributed by atoms with E-state index in [9.17, 15) is 4.79 Å². The Labute approximate surface area is 176 Å². The molecular formula is C24H28N2O4. The molecule has 2 aromatic carbocycles. The molecule has 1 fully saturated rings. The van der Waals surface area contributed by atoms with Crippen molar-refractivity contribution in [3.63, 3.8) is 0 Å². The molecule has 158 valence electrons. The number of rotatable bonds is 7. The molecule has 0 atom stereocenters. The molecule has 1 saturated heterocycles. The van der Waals surface area contributed by atoms with E-state index in [1.54, 1.807) is 6.07 Å². The van der Waals surface area contributed by atoms with E-state index in [2.05, 4.69) is 24.4 Å². The maximum Gasteiger partial charge on any atom is 0.243 e. The summed E-state index contributed by atoms with van der Waals surface area (Å²) in [5, 5.41) is 3.96. The fourth-order valence-corrected chi connectivity index (χ4v) is 3.77. The lowest BCUT2D eigenvalue weighted by atomic mass is 10.1. The molecule has 1 aliphatic rings. The smallest absolute Gasteiger partial charge is 0.243 e. The summed E-state index contributed by atoms with van der Waals surface area (Å²) in [6, 6.07) is 13.8. The van der Waals surface area contributed by atoms with Crippen molar-refractivity contribution in [2.45, 2.75) is 20.3 Å². The van der Waals surface area contributed by atoms with E-state index in [0.29, 0.717) is 56.3 Å². The first kappa shape index (κ1) is 20.3. The number of aryl methyl sites for hydroxylation is 2. The Hall–Kier alpha value is -2.99. The van der Waals surface area contributed by atoms with E-state index in [4.69, 9.17) is 13.9 Å². The predicted octanol–water partition coefficient (Wildman–Crippen LogP) is 3.99. The van der Waals surface area contributed by atoms with Gasteiger partial charge < -0.3 is 24.1 Å². The molecule has 0 saturated carbocycles. The van der Waals surface area contributed by atoms with Gasteiger partial charge in [-0.25, -0.2) is 0 Å². The number of ether oxygens (including phenoxy) is 2.